The van der Waals surface area contributed by atoms with Crippen molar-refractivity contribution in [2.24, 2.45) is 4.99 Å². The Morgan fingerprint density at radius 2 is 1.61 bits per heavy atom. The molecule has 1 aromatic heterocycles. The number of nitrogens with zero attached hydrogens (tertiary/aromatic N) is 1. The van der Waals surface area contributed by atoms with E-state index in [-0.39, 0.29) is 4.88 Å². The standard InChI is InChI=1S/C13H11NO2.C8H5F3O2S.In/c15-12-7-3-1-5-10(12)9-14-11-6-2-4-8-13(11)16;9-8(10,11)7(13)4-5(12)6-2-1-3-14-6;/h1-9,15-16H;1-3H,4H2;/q;;+2/p-2. The number of Topliss-reactive ketones (excluding diaryl/α,β-unsaturated/α-hetero) is 2. The van der Waals surface area contributed by atoms with Crippen molar-refractivity contribution >= 4 is 58.6 Å². The Bertz CT molecular complexity index is 1030. The molecule has 0 saturated carbocycles. The Balaban J connectivity index is 0.000000180. The van der Waals surface area contributed by atoms with Crippen molar-refractivity contribution in [3.05, 3.63) is 76.5 Å². The third-order valence-electron chi connectivity index (χ3n) is 3.91. The molecule has 157 valence electrons. The number of thiophene rings is 1. The second kappa shape index (κ2) is 10.6. The minimum atomic E-state index is -4.92. The van der Waals surface area contributed by atoms with Gasteiger partial charge in [0.25, 0.3) is 0 Å². The maximum Gasteiger partial charge on any atom is 0.450 e. The number of alkyl halides is 3. The molecular formula is C21H14F3InNO4S. The van der Waals surface area contributed by atoms with Crippen LogP contribution in [0.25, 0.3) is 0 Å². The van der Waals surface area contributed by atoms with Gasteiger partial charge in [0, 0.05) is 0 Å². The molecule has 10 heteroatoms. The molecule has 5 nitrogen and oxygen atoms in total. The average molecular weight is 548 g/mol. The Hall–Kier alpha value is -2.59. The molecule has 2 heterocycles. The van der Waals surface area contributed by atoms with Crippen LogP contribution >= 0.6 is 11.3 Å². The molecule has 0 fully saturated rings. The van der Waals surface area contributed by atoms with Crippen molar-refractivity contribution < 1.29 is 28.5 Å². The van der Waals surface area contributed by atoms with Crippen LogP contribution in [0.4, 0.5) is 18.9 Å². The number of carbonyl (C=O) groups excluding carboxylic acids is 2. The van der Waals surface area contributed by atoms with Crippen LogP contribution in [-0.2, 0) is 4.79 Å². The van der Waals surface area contributed by atoms with Gasteiger partial charge in [-0.15, -0.1) is 11.3 Å². The average Bonchev–Trinajstić information content (AvgIpc) is 3.30. The number of halogens is 3. The molecule has 3 aromatic rings. The smallest absolute Gasteiger partial charge is 0.293 e. The zero-order valence-corrected chi connectivity index (χ0v) is 19.9. The molecule has 0 N–H and O–H groups in total. The number of benzene rings is 2. The molecule has 0 spiro atoms. The summed E-state index contributed by atoms with van der Waals surface area (Å²) in [4.78, 5) is 26.1. The zero-order chi connectivity index (χ0) is 22.3. The third kappa shape index (κ3) is 6.70. The molecular weight excluding hydrogens is 534 g/mol. The van der Waals surface area contributed by atoms with Crippen molar-refractivity contribution in [1.82, 2.24) is 0 Å². The number of carbonyl (C=O) groups is 2. The summed E-state index contributed by atoms with van der Waals surface area (Å²) in [6, 6.07) is 18.6. The van der Waals surface area contributed by atoms with Crippen LogP contribution in [0.15, 0.2) is 71.0 Å². The molecule has 0 amide bonds. The van der Waals surface area contributed by atoms with Crippen molar-refractivity contribution in [3.63, 3.8) is 0 Å². The van der Waals surface area contributed by atoms with Gasteiger partial charge in [-0.3, -0.25) is 9.59 Å². The first-order chi connectivity index (χ1) is 14.8. The maximum absolute atomic E-state index is 11.8. The molecule has 0 unspecified atom stereocenters. The number of aliphatic imine (C=N–C) groups is 1. The summed E-state index contributed by atoms with van der Waals surface area (Å²) in [5.41, 5.74) is 1.86. The largest absolute Gasteiger partial charge is 0.450 e. The van der Waals surface area contributed by atoms with Crippen molar-refractivity contribution in [3.8, 4) is 11.5 Å². The van der Waals surface area contributed by atoms with Crippen LogP contribution in [0.1, 0.15) is 21.7 Å². The van der Waals surface area contributed by atoms with Gasteiger partial charge in [0.05, 0.1) is 11.3 Å². The molecule has 0 saturated heterocycles. The van der Waals surface area contributed by atoms with E-state index in [0.717, 1.165) is 34.1 Å². The molecule has 1 radical (unpaired) electrons. The van der Waals surface area contributed by atoms with Gasteiger partial charge in [-0.25, -0.2) is 0 Å². The van der Waals surface area contributed by atoms with E-state index in [2.05, 4.69) is 4.99 Å². The number of hydrogen-bond acceptors (Lipinski definition) is 6. The number of para-hydroxylation sites is 3. The second-order valence-corrected chi connectivity index (χ2v) is 8.94. The normalized spacial score (nSPS) is 12.1. The maximum atomic E-state index is 11.8. The number of hydrogen-bond donors (Lipinski definition) is 0. The Morgan fingerprint density at radius 3 is 2.32 bits per heavy atom. The summed E-state index contributed by atoms with van der Waals surface area (Å²) in [6.07, 6.45) is -4.21. The van der Waals surface area contributed by atoms with Crippen LogP contribution in [-0.4, -0.2) is 47.7 Å². The molecule has 4 rings (SSSR count). The van der Waals surface area contributed by atoms with Gasteiger partial charge >= 0.3 is 118 Å². The van der Waals surface area contributed by atoms with Gasteiger partial charge in [0.1, 0.15) is 0 Å². The summed E-state index contributed by atoms with van der Waals surface area (Å²) in [5.74, 6) is -1.11. The summed E-state index contributed by atoms with van der Waals surface area (Å²) >= 11 is -0.517. The van der Waals surface area contributed by atoms with Crippen molar-refractivity contribution in [2.45, 2.75) is 12.6 Å². The summed E-state index contributed by atoms with van der Waals surface area (Å²) in [5, 5.41) is 1.56. The van der Waals surface area contributed by atoms with Gasteiger partial charge in [0.15, 0.2) is 5.78 Å². The fraction of sp³-hybridized carbons (Fsp3) is 0.0952. The minimum absolute atomic E-state index is 0.169. The van der Waals surface area contributed by atoms with Crippen LogP contribution in [0.5, 0.6) is 11.5 Å². The van der Waals surface area contributed by atoms with E-state index >= 15 is 0 Å². The fourth-order valence-electron chi connectivity index (χ4n) is 2.40. The first kappa shape index (κ1) is 23.1. The van der Waals surface area contributed by atoms with E-state index in [1.165, 1.54) is 12.1 Å². The molecule has 0 bridgehead atoms. The van der Waals surface area contributed by atoms with Crippen LogP contribution < -0.4 is 5.71 Å². The minimum Gasteiger partial charge on any atom is -0.293 e. The van der Waals surface area contributed by atoms with E-state index in [0.29, 0.717) is 0 Å². The van der Waals surface area contributed by atoms with E-state index < -0.39 is 47.9 Å². The van der Waals surface area contributed by atoms with E-state index in [9.17, 15) is 22.8 Å². The number of fused-ring (bicyclic) bond motifs is 2. The zero-order valence-electron chi connectivity index (χ0n) is 15.8. The number of rotatable bonds is 3. The summed E-state index contributed by atoms with van der Waals surface area (Å²) < 4.78 is 46.7. The molecule has 1 aliphatic rings. The predicted molar refractivity (Wildman–Crippen MR) is 111 cm³/mol. The van der Waals surface area contributed by atoms with Gasteiger partial charge in [0.2, 0.25) is 5.78 Å². The van der Waals surface area contributed by atoms with E-state index in [1.807, 2.05) is 54.7 Å². The van der Waals surface area contributed by atoms with Crippen molar-refractivity contribution in [2.75, 3.05) is 0 Å². The topological polar surface area (TPSA) is 65.0 Å². The van der Waals surface area contributed by atoms with Gasteiger partial charge in [-0.1, -0.05) is 6.07 Å². The molecule has 0 aliphatic carbocycles. The Morgan fingerprint density at radius 1 is 0.935 bits per heavy atom. The molecule has 2 aromatic carbocycles. The van der Waals surface area contributed by atoms with E-state index in [1.54, 1.807) is 5.38 Å². The quantitative estimate of drug-likeness (QED) is 0.334. The monoisotopic (exact) mass is 548 g/mol. The van der Waals surface area contributed by atoms with Crippen LogP contribution in [0, 0.1) is 0 Å². The number of ketones is 2. The predicted octanol–water partition coefficient (Wildman–Crippen LogP) is 5.19. The van der Waals surface area contributed by atoms with E-state index in [4.69, 9.17) is 5.71 Å². The SMILES string of the molecule is C1=Nc2ccccc2[O][In][O]c2ccccc21.O=C(CC(=O)C(F)(F)F)c1cccs1. The van der Waals surface area contributed by atoms with Gasteiger partial charge in [-0.05, 0) is 11.4 Å². The first-order valence-corrected chi connectivity index (χ1v) is 12.5. The van der Waals surface area contributed by atoms with Gasteiger partial charge < -0.3 is 0 Å². The molecule has 1 aliphatic heterocycles. The Labute approximate surface area is 192 Å². The van der Waals surface area contributed by atoms with Gasteiger partial charge in [-0.2, -0.15) is 13.2 Å². The Kier molecular flexibility index (Phi) is 7.91. The third-order valence-corrected chi connectivity index (χ3v) is 6.82. The second-order valence-electron chi connectivity index (χ2n) is 6.09. The van der Waals surface area contributed by atoms with Crippen molar-refractivity contribution in [1.29, 1.82) is 0 Å². The summed E-state index contributed by atoms with van der Waals surface area (Å²) in [7, 11) is 0. The van der Waals surface area contributed by atoms with Crippen LogP contribution in [0.3, 0.4) is 0 Å². The molecule has 31 heavy (non-hydrogen) atoms. The summed E-state index contributed by atoms with van der Waals surface area (Å²) in [6.45, 7) is 0. The molecule has 0 atom stereocenters. The first-order valence-electron chi connectivity index (χ1n) is 8.88. The van der Waals surface area contributed by atoms with Crippen LogP contribution in [0.2, 0.25) is 0 Å². The fourth-order valence-corrected chi connectivity index (χ4v) is 4.97.